The van der Waals surface area contributed by atoms with Gasteiger partial charge < -0.3 is 5.73 Å². The molecule has 0 atom stereocenters. The fraction of sp³-hybridized carbons (Fsp3) is 0.0556. The van der Waals surface area contributed by atoms with Gasteiger partial charge in [0.05, 0.1) is 33.9 Å². The maximum absolute atomic E-state index is 13.9. The molecule has 0 spiro atoms. The summed E-state index contributed by atoms with van der Waals surface area (Å²) < 4.78 is 15.8. The summed E-state index contributed by atoms with van der Waals surface area (Å²) in [5, 5.41) is 13.7. The predicted octanol–water partition coefficient (Wildman–Crippen LogP) is 3.13. The van der Waals surface area contributed by atoms with Gasteiger partial charge in [0, 0.05) is 11.8 Å². The van der Waals surface area contributed by atoms with E-state index in [1.807, 2.05) is 6.07 Å². The maximum Gasteiger partial charge on any atom is 0.223 e. The second kappa shape index (κ2) is 6.74. The zero-order valence-electron chi connectivity index (χ0n) is 13.8. The lowest BCUT2D eigenvalue weighted by molar-refractivity contribution is 0.601. The van der Waals surface area contributed by atoms with Crippen molar-refractivity contribution in [3.63, 3.8) is 0 Å². The monoisotopic (exact) mass is 423 g/mol. The number of fused-ring (bicyclic) bond motifs is 1. The molecular formula is C18H11BrFN7. The number of hydrogen-bond acceptors (Lipinski definition) is 6. The molecule has 2 N–H and O–H groups in total. The lowest BCUT2D eigenvalue weighted by atomic mass is 10.1. The minimum absolute atomic E-state index is 0.108. The molecule has 0 radical (unpaired) electrons. The molecule has 132 valence electrons. The summed E-state index contributed by atoms with van der Waals surface area (Å²) in [6.45, 7) is 0. The third-order valence-corrected chi connectivity index (χ3v) is 4.69. The minimum Gasteiger partial charge on any atom is -0.368 e. The van der Waals surface area contributed by atoms with Crippen LogP contribution in [0.5, 0.6) is 0 Å². The van der Waals surface area contributed by atoms with Crippen molar-refractivity contribution >= 4 is 27.5 Å². The normalized spacial score (nSPS) is 10.9. The topological polar surface area (TPSA) is 106 Å². The average Bonchev–Trinajstić information content (AvgIpc) is 3.11. The molecule has 0 amide bonds. The lowest BCUT2D eigenvalue weighted by Gasteiger charge is -2.08. The van der Waals surface area contributed by atoms with Gasteiger partial charge in [-0.3, -0.25) is 4.98 Å². The van der Waals surface area contributed by atoms with Crippen LogP contribution in [0.15, 0.2) is 47.1 Å². The number of benzene rings is 1. The van der Waals surface area contributed by atoms with E-state index in [-0.39, 0.29) is 18.1 Å². The minimum atomic E-state index is -0.426. The third kappa shape index (κ3) is 3.00. The highest BCUT2D eigenvalue weighted by Gasteiger charge is 2.19. The number of aromatic nitrogens is 5. The van der Waals surface area contributed by atoms with Gasteiger partial charge in [0.1, 0.15) is 5.82 Å². The molecule has 0 saturated heterocycles. The molecule has 27 heavy (non-hydrogen) atoms. The molecule has 7 nitrogen and oxygen atoms in total. The first-order chi connectivity index (χ1) is 13.1. The molecule has 0 unspecified atom stereocenters. The largest absolute Gasteiger partial charge is 0.368 e. The van der Waals surface area contributed by atoms with Crippen LogP contribution in [0.2, 0.25) is 0 Å². The van der Waals surface area contributed by atoms with Crippen molar-refractivity contribution in [1.82, 2.24) is 24.6 Å². The van der Waals surface area contributed by atoms with E-state index in [9.17, 15) is 9.65 Å². The van der Waals surface area contributed by atoms with Crippen LogP contribution in [0.3, 0.4) is 0 Å². The highest BCUT2D eigenvalue weighted by molar-refractivity contribution is 9.10. The summed E-state index contributed by atoms with van der Waals surface area (Å²) in [7, 11) is 0. The van der Waals surface area contributed by atoms with Crippen LogP contribution < -0.4 is 5.73 Å². The van der Waals surface area contributed by atoms with E-state index in [1.165, 1.54) is 22.8 Å². The van der Waals surface area contributed by atoms with Gasteiger partial charge in [-0.05, 0) is 34.1 Å². The van der Waals surface area contributed by atoms with Gasteiger partial charge in [0.25, 0.3) is 0 Å². The van der Waals surface area contributed by atoms with E-state index in [4.69, 9.17) is 5.73 Å². The Hall–Kier alpha value is -3.38. The van der Waals surface area contributed by atoms with Gasteiger partial charge in [-0.15, -0.1) is 5.10 Å². The molecule has 1 aromatic carbocycles. The lowest BCUT2D eigenvalue weighted by Crippen LogP contribution is -2.05. The summed E-state index contributed by atoms with van der Waals surface area (Å²) in [6.07, 6.45) is 1.63. The molecule has 4 aromatic rings. The molecule has 4 rings (SSSR count). The highest BCUT2D eigenvalue weighted by atomic mass is 79.9. The predicted molar refractivity (Wildman–Crippen MR) is 100 cm³/mol. The molecule has 9 heteroatoms. The zero-order chi connectivity index (χ0) is 19.0. The van der Waals surface area contributed by atoms with E-state index in [0.717, 1.165) is 0 Å². The van der Waals surface area contributed by atoms with Gasteiger partial charge in [0.15, 0.2) is 11.5 Å². The second-order valence-electron chi connectivity index (χ2n) is 5.66. The Morgan fingerprint density at radius 2 is 2.00 bits per heavy atom. The number of halogens is 2. The van der Waals surface area contributed by atoms with Crippen molar-refractivity contribution in [1.29, 1.82) is 5.26 Å². The van der Waals surface area contributed by atoms with Crippen LogP contribution in [0.25, 0.3) is 16.9 Å². The number of nitrogens with zero attached hydrogens (tertiary/aromatic N) is 6. The summed E-state index contributed by atoms with van der Waals surface area (Å²) in [5.41, 5.74) is 8.29. The highest BCUT2D eigenvalue weighted by Crippen LogP contribution is 2.32. The van der Waals surface area contributed by atoms with Crippen LogP contribution in [0, 0.1) is 17.1 Å². The molecule has 0 bridgehead atoms. The van der Waals surface area contributed by atoms with Crippen LogP contribution in [0.4, 0.5) is 10.3 Å². The maximum atomic E-state index is 13.9. The number of nitriles is 1. The fourth-order valence-electron chi connectivity index (χ4n) is 2.71. The van der Waals surface area contributed by atoms with Gasteiger partial charge in [-0.2, -0.15) is 9.78 Å². The van der Waals surface area contributed by atoms with E-state index in [1.54, 1.807) is 18.2 Å². The molecule has 0 saturated carbocycles. The first-order valence-electron chi connectivity index (χ1n) is 7.88. The molecule has 0 aliphatic carbocycles. The summed E-state index contributed by atoms with van der Waals surface area (Å²) in [6, 6.07) is 12.1. The number of anilines is 1. The van der Waals surface area contributed by atoms with E-state index in [0.29, 0.717) is 32.8 Å². The van der Waals surface area contributed by atoms with Crippen LogP contribution in [0.1, 0.15) is 17.1 Å². The number of pyridine rings is 1. The molecule has 3 heterocycles. The Balaban J connectivity index is 1.85. The van der Waals surface area contributed by atoms with Gasteiger partial charge >= 0.3 is 0 Å². The van der Waals surface area contributed by atoms with Crippen molar-refractivity contribution in [3.8, 4) is 17.3 Å². The summed E-state index contributed by atoms with van der Waals surface area (Å²) in [5.74, 6) is 0.0360. The summed E-state index contributed by atoms with van der Waals surface area (Å²) >= 11 is 3.49. The fourth-order valence-corrected chi connectivity index (χ4v) is 3.27. The zero-order valence-corrected chi connectivity index (χ0v) is 15.4. The summed E-state index contributed by atoms with van der Waals surface area (Å²) in [4.78, 5) is 12.8. The number of nitrogen functional groups attached to an aromatic ring is 1. The second-order valence-corrected chi connectivity index (χ2v) is 6.46. The van der Waals surface area contributed by atoms with E-state index < -0.39 is 5.82 Å². The van der Waals surface area contributed by atoms with Gasteiger partial charge in [0.2, 0.25) is 5.95 Å². The van der Waals surface area contributed by atoms with Crippen molar-refractivity contribution in [2.24, 2.45) is 0 Å². The first-order valence-corrected chi connectivity index (χ1v) is 8.67. The number of nitrogens with two attached hydrogens (primary N) is 1. The molecule has 0 aliphatic heterocycles. The van der Waals surface area contributed by atoms with E-state index >= 15 is 0 Å². The quantitative estimate of drug-likeness (QED) is 0.542. The molecule has 0 fully saturated rings. The van der Waals surface area contributed by atoms with Crippen LogP contribution in [-0.4, -0.2) is 24.6 Å². The Kier molecular flexibility index (Phi) is 4.25. The average molecular weight is 424 g/mol. The number of rotatable bonds is 3. The van der Waals surface area contributed by atoms with E-state index in [2.05, 4.69) is 42.0 Å². The SMILES string of the molecule is N#Cc1ccccc1-c1nc(N)n2nc(Cc3ncccc3F)nc2c1Br. The van der Waals surface area contributed by atoms with Crippen LogP contribution >= 0.6 is 15.9 Å². The van der Waals surface area contributed by atoms with Crippen molar-refractivity contribution in [3.05, 3.63) is 70.0 Å². The van der Waals surface area contributed by atoms with Crippen molar-refractivity contribution in [2.75, 3.05) is 5.73 Å². The first kappa shape index (κ1) is 17.1. The molecular weight excluding hydrogens is 413 g/mol. The Morgan fingerprint density at radius 1 is 1.19 bits per heavy atom. The molecule has 0 aliphatic rings. The Morgan fingerprint density at radius 3 is 2.78 bits per heavy atom. The van der Waals surface area contributed by atoms with Crippen molar-refractivity contribution < 1.29 is 4.39 Å². The van der Waals surface area contributed by atoms with Crippen LogP contribution in [-0.2, 0) is 6.42 Å². The Bertz CT molecular complexity index is 1210. The molecule has 3 aromatic heterocycles. The van der Waals surface area contributed by atoms with Gasteiger partial charge in [-0.1, -0.05) is 18.2 Å². The Labute approximate surface area is 161 Å². The standard InChI is InChI=1S/C18H11BrFN7/c19-15-16(11-5-2-1-4-10(11)9-21)25-18(22)27-17(15)24-14(26-27)8-13-12(20)6-3-7-23-13/h1-7H,8H2,(H2,22,25). The third-order valence-electron chi connectivity index (χ3n) is 3.96. The van der Waals surface area contributed by atoms with Gasteiger partial charge in [-0.25, -0.2) is 14.4 Å². The van der Waals surface area contributed by atoms with Crippen molar-refractivity contribution in [2.45, 2.75) is 6.42 Å². The smallest absolute Gasteiger partial charge is 0.223 e. The number of hydrogen-bond donors (Lipinski definition) is 1.